The molecular weight excluding hydrogens is 164 g/mol. The van der Waals surface area contributed by atoms with Crippen molar-refractivity contribution in [3.8, 4) is 0 Å². The first kappa shape index (κ1) is 8.66. The fourth-order valence-electron chi connectivity index (χ4n) is 1.61. The van der Waals surface area contributed by atoms with Gasteiger partial charge in [0.2, 0.25) is 0 Å². The molecule has 0 bridgehead atoms. The zero-order valence-electron chi connectivity index (χ0n) is 7.79. The smallest absolute Gasteiger partial charge is 0.0662 e. The molecule has 0 aliphatic carbocycles. The van der Waals surface area contributed by atoms with Crippen LogP contribution in [0, 0.1) is 6.92 Å². The summed E-state index contributed by atoms with van der Waals surface area (Å²) >= 11 is 0. The van der Waals surface area contributed by atoms with Gasteiger partial charge in [0.15, 0.2) is 0 Å². The van der Waals surface area contributed by atoms with Gasteiger partial charge in [0, 0.05) is 18.9 Å². The van der Waals surface area contributed by atoms with Gasteiger partial charge >= 0.3 is 0 Å². The van der Waals surface area contributed by atoms with E-state index in [0.29, 0.717) is 6.04 Å². The molecule has 1 aromatic heterocycles. The van der Waals surface area contributed by atoms with Crippen molar-refractivity contribution in [2.75, 3.05) is 19.8 Å². The summed E-state index contributed by atoms with van der Waals surface area (Å²) in [6, 6.07) is 2.36. The summed E-state index contributed by atoms with van der Waals surface area (Å²) in [4.78, 5) is 4.13. The molecule has 1 saturated heterocycles. The lowest BCUT2D eigenvalue weighted by molar-refractivity contribution is 0.0766. The first-order chi connectivity index (χ1) is 6.38. The Morgan fingerprint density at radius 1 is 1.62 bits per heavy atom. The molecular formula is C10H14N2O. The van der Waals surface area contributed by atoms with Crippen LogP contribution in [0.4, 0.5) is 0 Å². The Balaban J connectivity index is 2.18. The van der Waals surface area contributed by atoms with Crippen molar-refractivity contribution in [3.05, 3.63) is 29.6 Å². The molecule has 0 amide bonds. The largest absolute Gasteiger partial charge is 0.378 e. The van der Waals surface area contributed by atoms with Crippen molar-refractivity contribution >= 4 is 0 Å². The van der Waals surface area contributed by atoms with E-state index in [1.54, 1.807) is 0 Å². The number of aromatic nitrogens is 1. The Kier molecular flexibility index (Phi) is 2.57. The molecule has 1 aromatic rings. The van der Waals surface area contributed by atoms with E-state index in [9.17, 15) is 0 Å². The third-order valence-electron chi connectivity index (χ3n) is 2.38. The van der Waals surface area contributed by atoms with E-state index >= 15 is 0 Å². The Bertz CT molecular complexity index is 282. The molecule has 1 aliphatic rings. The van der Waals surface area contributed by atoms with Crippen molar-refractivity contribution in [2.45, 2.75) is 13.0 Å². The van der Waals surface area contributed by atoms with Crippen molar-refractivity contribution in [1.82, 2.24) is 10.3 Å². The van der Waals surface area contributed by atoms with Crippen LogP contribution in [0.5, 0.6) is 0 Å². The van der Waals surface area contributed by atoms with Crippen LogP contribution in [-0.4, -0.2) is 24.7 Å². The Morgan fingerprint density at radius 2 is 2.54 bits per heavy atom. The zero-order valence-corrected chi connectivity index (χ0v) is 7.79. The first-order valence-electron chi connectivity index (χ1n) is 4.59. The predicted octanol–water partition coefficient (Wildman–Crippen LogP) is 1.05. The first-order valence-corrected chi connectivity index (χ1v) is 4.59. The number of pyridine rings is 1. The Morgan fingerprint density at radius 3 is 3.23 bits per heavy atom. The van der Waals surface area contributed by atoms with Gasteiger partial charge in [-0.25, -0.2) is 0 Å². The molecule has 1 atom stereocenters. The van der Waals surface area contributed by atoms with Crippen LogP contribution in [0.2, 0.25) is 0 Å². The molecule has 0 unspecified atom stereocenters. The molecule has 1 aliphatic heterocycles. The highest BCUT2D eigenvalue weighted by molar-refractivity contribution is 5.25. The number of aryl methyl sites for hydroxylation is 1. The van der Waals surface area contributed by atoms with E-state index < -0.39 is 0 Å². The molecule has 1 N–H and O–H groups in total. The topological polar surface area (TPSA) is 34.1 Å². The van der Waals surface area contributed by atoms with Crippen LogP contribution in [-0.2, 0) is 4.74 Å². The quantitative estimate of drug-likeness (QED) is 0.698. The van der Waals surface area contributed by atoms with Crippen LogP contribution >= 0.6 is 0 Å². The van der Waals surface area contributed by atoms with Crippen molar-refractivity contribution in [3.63, 3.8) is 0 Å². The Hall–Kier alpha value is -0.930. The van der Waals surface area contributed by atoms with Crippen LogP contribution in [0.1, 0.15) is 17.2 Å². The molecule has 0 aromatic carbocycles. The highest BCUT2D eigenvalue weighted by atomic mass is 16.5. The average molecular weight is 178 g/mol. The van der Waals surface area contributed by atoms with Gasteiger partial charge in [-0.15, -0.1) is 0 Å². The number of nitrogens with one attached hydrogen (secondary N) is 1. The fraction of sp³-hybridized carbons (Fsp3) is 0.500. The third kappa shape index (κ3) is 1.87. The average Bonchev–Trinajstić information content (AvgIpc) is 2.20. The second-order valence-electron chi connectivity index (χ2n) is 3.31. The summed E-state index contributed by atoms with van der Waals surface area (Å²) in [5, 5.41) is 3.41. The zero-order chi connectivity index (χ0) is 9.10. The molecule has 0 saturated carbocycles. The summed E-state index contributed by atoms with van der Waals surface area (Å²) in [5.41, 5.74) is 2.53. The van der Waals surface area contributed by atoms with Crippen LogP contribution < -0.4 is 5.32 Å². The van der Waals surface area contributed by atoms with Gasteiger partial charge < -0.3 is 10.1 Å². The van der Waals surface area contributed by atoms with Gasteiger partial charge in [-0.2, -0.15) is 0 Å². The maximum absolute atomic E-state index is 5.40. The standard InChI is InChI=1S/C10H14N2O/c1-8-2-3-11-6-9(8)10-7-13-5-4-12-10/h2-3,6,10,12H,4-5,7H2,1H3/t10-/m1/s1. The van der Waals surface area contributed by atoms with Gasteiger partial charge in [0.05, 0.1) is 19.3 Å². The van der Waals surface area contributed by atoms with E-state index in [2.05, 4.69) is 17.2 Å². The minimum Gasteiger partial charge on any atom is -0.378 e. The molecule has 2 rings (SSSR count). The summed E-state index contributed by atoms with van der Waals surface area (Å²) in [6.07, 6.45) is 3.74. The minimum absolute atomic E-state index is 0.322. The molecule has 0 radical (unpaired) electrons. The predicted molar refractivity (Wildman–Crippen MR) is 50.5 cm³/mol. The number of hydrogen-bond acceptors (Lipinski definition) is 3. The maximum atomic E-state index is 5.40. The number of morpholine rings is 1. The molecule has 3 nitrogen and oxygen atoms in total. The SMILES string of the molecule is Cc1ccncc1[C@H]1COCCN1. The van der Waals surface area contributed by atoms with E-state index in [1.807, 2.05) is 18.5 Å². The summed E-state index contributed by atoms with van der Waals surface area (Å²) in [5.74, 6) is 0. The minimum atomic E-state index is 0.322. The van der Waals surface area contributed by atoms with Gasteiger partial charge in [-0.1, -0.05) is 0 Å². The van der Waals surface area contributed by atoms with Crippen LogP contribution in [0.15, 0.2) is 18.5 Å². The fourth-order valence-corrected chi connectivity index (χ4v) is 1.61. The molecule has 70 valence electrons. The monoisotopic (exact) mass is 178 g/mol. The molecule has 13 heavy (non-hydrogen) atoms. The van der Waals surface area contributed by atoms with Gasteiger partial charge in [0.25, 0.3) is 0 Å². The second kappa shape index (κ2) is 3.85. The molecule has 2 heterocycles. The molecule has 0 spiro atoms. The van der Waals surface area contributed by atoms with E-state index in [1.165, 1.54) is 11.1 Å². The van der Waals surface area contributed by atoms with Gasteiger partial charge in [-0.05, 0) is 24.1 Å². The number of rotatable bonds is 1. The highest BCUT2D eigenvalue weighted by Crippen LogP contribution is 2.17. The lowest BCUT2D eigenvalue weighted by atomic mass is 10.0. The van der Waals surface area contributed by atoms with Gasteiger partial charge in [-0.3, -0.25) is 4.98 Å². The molecule has 3 heteroatoms. The number of nitrogens with zero attached hydrogens (tertiary/aromatic N) is 1. The lowest BCUT2D eigenvalue weighted by Gasteiger charge is -2.24. The summed E-state index contributed by atoms with van der Waals surface area (Å²) < 4.78 is 5.40. The summed E-state index contributed by atoms with van der Waals surface area (Å²) in [7, 11) is 0. The normalized spacial score (nSPS) is 23.0. The number of ether oxygens (including phenoxy) is 1. The van der Waals surface area contributed by atoms with E-state index in [-0.39, 0.29) is 0 Å². The van der Waals surface area contributed by atoms with E-state index in [4.69, 9.17) is 4.74 Å². The third-order valence-corrected chi connectivity index (χ3v) is 2.38. The van der Waals surface area contributed by atoms with Crippen LogP contribution in [0.3, 0.4) is 0 Å². The highest BCUT2D eigenvalue weighted by Gasteiger charge is 2.16. The van der Waals surface area contributed by atoms with Crippen molar-refractivity contribution in [2.24, 2.45) is 0 Å². The van der Waals surface area contributed by atoms with Crippen molar-refractivity contribution in [1.29, 1.82) is 0 Å². The second-order valence-corrected chi connectivity index (χ2v) is 3.31. The van der Waals surface area contributed by atoms with E-state index in [0.717, 1.165) is 19.8 Å². The maximum Gasteiger partial charge on any atom is 0.0662 e. The summed E-state index contributed by atoms with van der Waals surface area (Å²) in [6.45, 7) is 4.61. The van der Waals surface area contributed by atoms with Crippen molar-refractivity contribution < 1.29 is 4.74 Å². The van der Waals surface area contributed by atoms with Crippen LogP contribution in [0.25, 0.3) is 0 Å². The number of hydrogen-bond donors (Lipinski definition) is 1. The molecule has 1 fully saturated rings. The lowest BCUT2D eigenvalue weighted by Crippen LogP contribution is -2.34. The Labute approximate surface area is 78.1 Å². The van der Waals surface area contributed by atoms with Gasteiger partial charge in [0.1, 0.15) is 0 Å².